The summed E-state index contributed by atoms with van der Waals surface area (Å²) in [6.07, 6.45) is 3.98. The lowest BCUT2D eigenvalue weighted by Gasteiger charge is -2.14. The van der Waals surface area contributed by atoms with Crippen LogP contribution in [0.1, 0.15) is 38.2 Å². The lowest BCUT2D eigenvalue weighted by atomic mass is 10.2. The van der Waals surface area contributed by atoms with Gasteiger partial charge in [-0.15, -0.1) is 0 Å². The summed E-state index contributed by atoms with van der Waals surface area (Å²) in [4.78, 5) is 0. The monoisotopic (exact) mass is 381 g/mol. The minimum Gasteiger partial charge on any atom is -0.491 e. The standard InChI is InChI=1S/C23H31N3O2/c1-3-4-5-8-15-25-21-9-6-7-10-22(21)26(23(25)24)16-19(27)17-28-20-13-11-18(2)12-14-20/h6-7,9-14,19,24,27H,3-5,8,15-17H2,1-2H3. The second kappa shape index (κ2) is 9.60. The van der Waals surface area contributed by atoms with Crippen molar-refractivity contribution in [3.05, 3.63) is 59.7 Å². The van der Waals surface area contributed by atoms with Gasteiger partial charge in [0.2, 0.25) is 5.62 Å². The Hall–Kier alpha value is -2.53. The van der Waals surface area contributed by atoms with Crippen LogP contribution in [0.2, 0.25) is 0 Å². The number of nitrogens with zero attached hydrogens (tertiary/aromatic N) is 2. The highest BCUT2D eigenvalue weighted by molar-refractivity contribution is 5.75. The van der Waals surface area contributed by atoms with Crippen molar-refractivity contribution in [2.75, 3.05) is 6.61 Å². The Morgan fingerprint density at radius 2 is 1.64 bits per heavy atom. The van der Waals surface area contributed by atoms with Gasteiger partial charge in [-0.3, -0.25) is 5.41 Å². The van der Waals surface area contributed by atoms with Crippen LogP contribution in [0.25, 0.3) is 11.0 Å². The maximum absolute atomic E-state index is 10.5. The minimum atomic E-state index is -0.685. The van der Waals surface area contributed by atoms with Crippen LogP contribution in [0.15, 0.2) is 48.5 Å². The molecule has 28 heavy (non-hydrogen) atoms. The number of para-hydroxylation sites is 2. The fourth-order valence-electron chi connectivity index (χ4n) is 3.49. The fourth-order valence-corrected chi connectivity index (χ4v) is 3.49. The third kappa shape index (κ3) is 4.84. The molecule has 0 aliphatic heterocycles. The van der Waals surface area contributed by atoms with Crippen LogP contribution >= 0.6 is 0 Å². The predicted molar refractivity (Wildman–Crippen MR) is 113 cm³/mol. The van der Waals surface area contributed by atoms with Crippen molar-refractivity contribution in [3.8, 4) is 5.75 Å². The number of imidazole rings is 1. The first-order valence-corrected chi connectivity index (χ1v) is 10.2. The van der Waals surface area contributed by atoms with Crippen molar-refractivity contribution < 1.29 is 9.84 Å². The van der Waals surface area contributed by atoms with Crippen molar-refractivity contribution in [2.24, 2.45) is 0 Å². The highest BCUT2D eigenvalue weighted by Crippen LogP contribution is 2.15. The molecular weight excluding hydrogens is 350 g/mol. The summed E-state index contributed by atoms with van der Waals surface area (Å²) >= 11 is 0. The van der Waals surface area contributed by atoms with Gasteiger partial charge in [0.15, 0.2) is 0 Å². The summed E-state index contributed by atoms with van der Waals surface area (Å²) < 4.78 is 9.66. The van der Waals surface area contributed by atoms with Crippen LogP contribution in [-0.4, -0.2) is 27.0 Å². The molecule has 2 aromatic carbocycles. The van der Waals surface area contributed by atoms with Gasteiger partial charge < -0.3 is 19.0 Å². The molecule has 0 aliphatic carbocycles. The molecule has 1 aromatic heterocycles. The highest BCUT2D eigenvalue weighted by Gasteiger charge is 2.14. The molecule has 3 rings (SSSR count). The minimum absolute atomic E-state index is 0.200. The van der Waals surface area contributed by atoms with Crippen molar-refractivity contribution in [1.29, 1.82) is 5.41 Å². The van der Waals surface area contributed by atoms with Gasteiger partial charge >= 0.3 is 0 Å². The zero-order valence-electron chi connectivity index (χ0n) is 16.9. The number of aliphatic hydroxyl groups is 1. The summed E-state index contributed by atoms with van der Waals surface area (Å²) in [6.45, 7) is 5.61. The number of benzene rings is 2. The average molecular weight is 382 g/mol. The summed E-state index contributed by atoms with van der Waals surface area (Å²) in [7, 11) is 0. The van der Waals surface area contributed by atoms with E-state index in [-0.39, 0.29) is 6.61 Å². The van der Waals surface area contributed by atoms with Gasteiger partial charge in [-0.05, 0) is 37.6 Å². The second-order valence-electron chi connectivity index (χ2n) is 7.41. The SMILES string of the molecule is CCCCCCn1c(=N)n(CC(O)COc2ccc(C)cc2)c2ccccc21. The van der Waals surface area contributed by atoms with E-state index in [0.29, 0.717) is 12.2 Å². The van der Waals surface area contributed by atoms with Crippen LogP contribution < -0.4 is 10.4 Å². The zero-order chi connectivity index (χ0) is 19.9. The third-order valence-electron chi connectivity index (χ3n) is 5.07. The van der Waals surface area contributed by atoms with Gasteiger partial charge in [-0.25, -0.2) is 0 Å². The van der Waals surface area contributed by atoms with Gasteiger partial charge in [-0.2, -0.15) is 0 Å². The van der Waals surface area contributed by atoms with E-state index in [1.165, 1.54) is 24.8 Å². The van der Waals surface area contributed by atoms with Gasteiger partial charge in [0.25, 0.3) is 0 Å². The van der Waals surface area contributed by atoms with E-state index in [4.69, 9.17) is 10.1 Å². The molecule has 0 radical (unpaired) electrons. The van der Waals surface area contributed by atoms with Gasteiger partial charge in [0, 0.05) is 6.54 Å². The van der Waals surface area contributed by atoms with E-state index < -0.39 is 6.10 Å². The number of hydrogen-bond donors (Lipinski definition) is 2. The van der Waals surface area contributed by atoms with E-state index in [2.05, 4.69) is 17.6 Å². The average Bonchev–Trinajstić information content (AvgIpc) is 2.96. The molecule has 0 aliphatic rings. The summed E-state index contributed by atoms with van der Waals surface area (Å²) in [5.41, 5.74) is 3.65. The Labute approximate surface area is 166 Å². The molecule has 0 bridgehead atoms. The summed E-state index contributed by atoms with van der Waals surface area (Å²) in [6, 6.07) is 15.9. The second-order valence-corrected chi connectivity index (χ2v) is 7.41. The molecule has 0 saturated heterocycles. The Morgan fingerprint density at radius 1 is 0.964 bits per heavy atom. The van der Waals surface area contributed by atoms with Gasteiger partial charge in [-0.1, -0.05) is 56.0 Å². The maximum atomic E-state index is 10.5. The van der Waals surface area contributed by atoms with E-state index >= 15 is 0 Å². The van der Waals surface area contributed by atoms with Gasteiger partial charge in [0.1, 0.15) is 18.5 Å². The summed E-state index contributed by atoms with van der Waals surface area (Å²) in [5, 5.41) is 19.2. The van der Waals surface area contributed by atoms with Crippen molar-refractivity contribution in [2.45, 2.75) is 58.7 Å². The number of unbranched alkanes of at least 4 members (excludes halogenated alkanes) is 3. The van der Waals surface area contributed by atoms with E-state index in [1.54, 1.807) is 0 Å². The molecule has 0 saturated carbocycles. The lowest BCUT2D eigenvalue weighted by molar-refractivity contribution is 0.0921. The van der Waals surface area contributed by atoms with Crippen LogP contribution in [0.4, 0.5) is 0 Å². The highest BCUT2D eigenvalue weighted by atomic mass is 16.5. The van der Waals surface area contributed by atoms with E-state index in [1.807, 2.05) is 54.0 Å². The number of aryl methyl sites for hydroxylation is 2. The Bertz CT molecular complexity index is 941. The molecule has 1 heterocycles. The fraction of sp³-hybridized carbons (Fsp3) is 0.435. The van der Waals surface area contributed by atoms with Gasteiger partial charge in [0.05, 0.1) is 17.6 Å². The number of fused-ring (bicyclic) bond motifs is 1. The molecule has 0 spiro atoms. The number of nitrogens with one attached hydrogen (secondary N) is 1. The maximum Gasteiger partial charge on any atom is 0.203 e. The van der Waals surface area contributed by atoms with Crippen LogP contribution in [0.5, 0.6) is 5.75 Å². The zero-order valence-corrected chi connectivity index (χ0v) is 16.9. The molecular formula is C23H31N3O2. The topological polar surface area (TPSA) is 63.2 Å². The number of aliphatic hydroxyl groups excluding tert-OH is 1. The molecule has 0 amide bonds. The quantitative estimate of drug-likeness (QED) is 0.516. The number of hydrogen-bond acceptors (Lipinski definition) is 3. The predicted octanol–water partition coefficient (Wildman–Crippen LogP) is 4.25. The molecule has 5 heteroatoms. The van der Waals surface area contributed by atoms with Crippen LogP contribution in [0.3, 0.4) is 0 Å². The van der Waals surface area contributed by atoms with Crippen LogP contribution in [-0.2, 0) is 13.1 Å². The molecule has 1 unspecified atom stereocenters. The molecule has 150 valence electrons. The van der Waals surface area contributed by atoms with Crippen molar-refractivity contribution in [1.82, 2.24) is 9.13 Å². The van der Waals surface area contributed by atoms with E-state index in [0.717, 1.165) is 29.7 Å². The third-order valence-corrected chi connectivity index (χ3v) is 5.07. The number of ether oxygens (including phenoxy) is 1. The van der Waals surface area contributed by atoms with Crippen LogP contribution in [0, 0.1) is 12.3 Å². The Morgan fingerprint density at radius 3 is 2.32 bits per heavy atom. The summed E-state index contributed by atoms with van der Waals surface area (Å²) in [5.74, 6) is 0.749. The molecule has 5 nitrogen and oxygen atoms in total. The molecule has 3 aromatic rings. The molecule has 0 fully saturated rings. The first kappa shape index (κ1) is 20.2. The Balaban J connectivity index is 1.72. The molecule has 1 atom stereocenters. The van der Waals surface area contributed by atoms with E-state index in [9.17, 15) is 5.11 Å². The number of aromatic nitrogens is 2. The first-order chi connectivity index (χ1) is 13.6. The smallest absolute Gasteiger partial charge is 0.203 e. The first-order valence-electron chi connectivity index (χ1n) is 10.2. The van der Waals surface area contributed by atoms with Crippen molar-refractivity contribution in [3.63, 3.8) is 0 Å². The normalized spacial score (nSPS) is 12.4. The number of rotatable bonds is 10. The van der Waals surface area contributed by atoms with Crippen molar-refractivity contribution >= 4 is 11.0 Å². The molecule has 2 N–H and O–H groups in total. The Kier molecular flexibility index (Phi) is 6.93. The lowest BCUT2D eigenvalue weighted by Crippen LogP contribution is -2.31. The largest absolute Gasteiger partial charge is 0.491 e.